The summed E-state index contributed by atoms with van der Waals surface area (Å²) in [5, 5.41) is 22.6. The van der Waals surface area contributed by atoms with Crippen molar-refractivity contribution < 1.29 is 14.3 Å². The lowest BCUT2D eigenvalue weighted by molar-refractivity contribution is -0.123. The molecule has 27 heavy (non-hydrogen) atoms. The molecular formula is C18H19FN6O2. The Balaban J connectivity index is 1.55. The lowest BCUT2D eigenvalue weighted by Gasteiger charge is -2.31. The van der Waals surface area contributed by atoms with Gasteiger partial charge in [0.2, 0.25) is 0 Å². The molecule has 3 aromatic rings. The van der Waals surface area contributed by atoms with Gasteiger partial charge in [0.15, 0.2) is 0 Å². The van der Waals surface area contributed by atoms with Crippen molar-refractivity contribution >= 4 is 11.6 Å². The van der Waals surface area contributed by atoms with Crippen LogP contribution in [0.2, 0.25) is 0 Å². The Morgan fingerprint density at radius 3 is 2.74 bits per heavy atom. The van der Waals surface area contributed by atoms with Crippen molar-refractivity contribution in [2.75, 3.05) is 11.4 Å². The zero-order chi connectivity index (χ0) is 19.0. The molecule has 0 bridgehead atoms. The second-order valence-electron chi connectivity index (χ2n) is 6.60. The van der Waals surface area contributed by atoms with Crippen LogP contribution < -0.4 is 4.90 Å². The van der Waals surface area contributed by atoms with Crippen LogP contribution in [0.4, 0.5) is 10.1 Å². The number of hydrogen-bond donors (Lipinski definition) is 1. The Bertz CT molecular complexity index is 951. The first-order valence-corrected chi connectivity index (χ1v) is 8.68. The van der Waals surface area contributed by atoms with Gasteiger partial charge < -0.3 is 10.0 Å². The molecule has 1 aromatic carbocycles. The van der Waals surface area contributed by atoms with Crippen LogP contribution in [0.5, 0.6) is 0 Å². The zero-order valence-corrected chi connectivity index (χ0v) is 14.7. The molecule has 3 heterocycles. The van der Waals surface area contributed by atoms with Gasteiger partial charge in [-0.25, -0.2) is 9.07 Å². The van der Waals surface area contributed by atoms with Gasteiger partial charge in [0.1, 0.15) is 23.7 Å². The summed E-state index contributed by atoms with van der Waals surface area (Å²) in [6.07, 6.45) is 5.46. The third-order valence-corrected chi connectivity index (χ3v) is 4.73. The molecular weight excluding hydrogens is 351 g/mol. The number of aliphatic hydroxyl groups is 1. The van der Waals surface area contributed by atoms with Crippen molar-refractivity contribution in [2.45, 2.75) is 25.0 Å². The average Bonchev–Trinajstić information content (AvgIpc) is 3.31. The number of carbonyl (C=O) groups excluding carboxylic acids is 1. The van der Waals surface area contributed by atoms with Crippen molar-refractivity contribution in [3.8, 4) is 0 Å². The van der Waals surface area contributed by atoms with Crippen LogP contribution in [0, 0.1) is 5.82 Å². The Kier molecular flexibility index (Phi) is 4.44. The van der Waals surface area contributed by atoms with Crippen LogP contribution in [-0.2, 0) is 11.8 Å². The summed E-state index contributed by atoms with van der Waals surface area (Å²) in [6, 6.07) is 5.06. The van der Waals surface area contributed by atoms with Crippen LogP contribution in [0.1, 0.15) is 36.2 Å². The lowest BCUT2D eigenvalue weighted by atomic mass is 10.0. The van der Waals surface area contributed by atoms with E-state index in [2.05, 4.69) is 15.4 Å². The number of aliphatic hydroxyl groups excluding tert-OH is 1. The average molecular weight is 370 g/mol. The van der Waals surface area contributed by atoms with Gasteiger partial charge in [-0.05, 0) is 30.5 Å². The van der Waals surface area contributed by atoms with E-state index in [0.29, 0.717) is 24.2 Å². The molecule has 0 aliphatic carbocycles. The lowest BCUT2D eigenvalue weighted by Crippen LogP contribution is -2.42. The van der Waals surface area contributed by atoms with Crippen LogP contribution in [0.25, 0.3) is 0 Å². The maximum absolute atomic E-state index is 13.1. The largest absolute Gasteiger partial charge is 0.382 e. The fraction of sp³-hybridized carbons (Fsp3) is 0.333. The van der Waals surface area contributed by atoms with Crippen LogP contribution >= 0.6 is 0 Å². The highest BCUT2D eigenvalue weighted by Gasteiger charge is 2.33. The standard InChI is InChI=1S/C18H19FN6O2/c1-23-10-14(9-20-23)24-8-2-3-16(18(24)27)25-11-15(21-22-25)17(26)12-4-6-13(19)7-5-12/h4-7,9-11,16-17,26H,2-3,8H2,1H3. The number of benzene rings is 1. The first kappa shape index (κ1) is 17.3. The number of hydrogen-bond acceptors (Lipinski definition) is 5. The molecule has 2 aromatic heterocycles. The quantitative estimate of drug-likeness (QED) is 0.754. The van der Waals surface area contributed by atoms with E-state index >= 15 is 0 Å². The van der Waals surface area contributed by atoms with E-state index in [4.69, 9.17) is 0 Å². The first-order valence-electron chi connectivity index (χ1n) is 8.68. The van der Waals surface area contributed by atoms with Crippen molar-refractivity contribution in [3.05, 3.63) is 59.9 Å². The normalized spacial score (nSPS) is 18.7. The van der Waals surface area contributed by atoms with Crippen LogP contribution in [0.3, 0.4) is 0 Å². The molecule has 1 fully saturated rings. The summed E-state index contributed by atoms with van der Waals surface area (Å²) in [4.78, 5) is 14.6. The molecule has 2 atom stereocenters. The number of amides is 1. The van der Waals surface area contributed by atoms with E-state index in [1.807, 2.05) is 0 Å². The number of carbonyl (C=O) groups is 1. The fourth-order valence-electron chi connectivity index (χ4n) is 3.29. The molecule has 1 aliphatic heterocycles. The molecule has 2 unspecified atom stereocenters. The van der Waals surface area contributed by atoms with Crippen molar-refractivity contribution in [2.24, 2.45) is 7.05 Å². The Labute approximate surface area is 154 Å². The first-order chi connectivity index (χ1) is 13.0. The number of piperidine rings is 1. The van der Waals surface area contributed by atoms with E-state index < -0.39 is 12.1 Å². The number of rotatable bonds is 4. The minimum Gasteiger partial charge on any atom is -0.382 e. The minimum atomic E-state index is -1.03. The van der Waals surface area contributed by atoms with E-state index in [0.717, 1.165) is 12.1 Å². The number of halogens is 1. The summed E-state index contributed by atoms with van der Waals surface area (Å²) in [5.74, 6) is -0.458. The summed E-state index contributed by atoms with van der Waals surface area (Å²) in [5.41, 5.74) is 1.57. The Morgan fingerprint density at radius 1 is 1.26 bits per heavy atom. The van der Waals surface area contributed by atoms with Crippen LogP contribution in [0.15, 0.2) is 42.9 Å². The smallest absolute Gasteiger partial charge is 0.251 e. The van der Waals surface area contributed by atoms with Gasteiger partial charge in [-0.2, -0.15) is 5.10 Å². The van der Waals surface area contributed by atoms with E-state index in [1.165, 1.54) is 28.9 Å². The highest BCUT2D eigenvalue weighted by atomic mass is 19.1. The molecule has 1 N–H and O–H groups in total. The predicted molar refractivity (Wildman–Crippen MR) is 94.3 cm³/mol. The number of aromatic nitrogens is 5. The molecule has 9 heteroatoms. The third-order valence-electron chi connectivity index (χ3n) is 4.73. The minimum absolute atomic E-state index is 0.0815. The van der Waals surface area contributed by atoms with Gasteiger partial charge in [-0.1, -0.05) is 17.3 Å². The number of aryl methyl sites for hydroxylation is 1. The van der Waals surface area contributed by atoms with Gasteiger partial charge in [-0.3, -0.25) is 9.48 Å². The predicted octanol–water partition coefficient (Wildman–Crippen LogP) is 1.60. The molecule has 140 valence electrons. The van der Waals surface area contributed by atoms with Gasteiger partial charge in [0, 0.05) is 19.8 Å². The van der Waals surface area contributed by atoms with E-state index in [1.54, 1.807) is 35.2 Å². The monoisotopic (exact) mass is 370 g/mol. The zero-order valence-electron chi connectivity index (χ0n) is 14.7. The van der Waals surface area contributed by atoms with Gasteiger partial charge >= 0.3 is 0 Å². The highest BCUT2D eigenvalue weighted by Crippen LogP contribution is 2.28. The Morgan fingerprint density at radius 2 is 2.04 bits per heavy atom. The second kappa shape index (κ2) is 6.92. The molecule has 0 radical (unpaired) electrons. The van der Waals surface area contributed by atoms with Crippen molar-refractivity contribution in [3.63, 3.8) is 0 Å². The summed E-state index contributed by atoms with van der Waals surface area (Å²) < 4.78 is 16.2. The van der Waals surface area contributed by atoms with Crippen LogP contribution in [-0.4, -0.2) is 42.3 Å². The summed E-state index contributed by atoms with van der Waals surface area (Å²) in [6.45, 7) is 0.626. The maximum atomic E-state index is 13.1. The molecule has 4 rings (SSSR count). The molecule has 1 saturated heterocycles. The van der Waals surface area contributed by atoms with Crippen molar-refractivity contribution in [1.82, 2.24) is 24.8 Å². The Hall–Kier alpha value is -3.07. The van der Waals surface area contributed by atoms with Gasteiger partial charge in [0.05, 0.1) is 18.1 Å². The fourth-order valence-corrected chi connectivity index (χ4v) is 3.29. The number of nitrogens with zero attached hydrogens (tertiary/aromatic N) is 6. The van der Waals surface area contributed by atoms with Gasteiger partial charge in [-0.15, -0.1) is 5.10 Å². The second-order valence-corrected chi connectivity index (χ2v) is 6.60. The summed E-state index contributed by atoms with van der Waals surface area (Å²) in [7, 11) is 1.80. The highest BCUT2D eigenvalue weighted by molar-refractivity contribution is 5.96. The molecule has 8 nitrogen and oxygen atoms in total. The number of anilines is 1. The third kappa shape index (κ3) is 3.33. The maximum Gasteiger partial charge on any atom is 0.251 e. The van der Waals surface area contributed by atoms with E-state index in [-0.39, 0.29) is 11.7 Å². The van der Waals surface area contributed by atoms with Gasteiger partial charge in [0.25, 0.3) is 5.91 Å². The SMILES string of the molecule is Cn1cc(N2CCCC(n3cc(C(O)c4ccc(F)cc4)nn3)C2=O)cn1. The molecule has 1 amide bonds. The van der Waals surface area contributed by atoms with Crippen molar-refractivity contribution in [1.29, 1.82) is 0 Å². The van der Waals surface area contributed by atoms with E-state index in [9.17, 15) is 14.3 Å². The molecule has 1 aliphatic rings. The molecule has 0 spiro atoms. The molecule has 0 saturated carbocycles. The summed E-state index contributed by atoms with van der Waals surface area (Å²) >= 11 is 0. The topological polar surface area (TPSA) is 89.1 Å².